The molecule has 3 aromatic rings. The number of carbonyl (C=O) groups is 1. The van der Waals surface area contributed by atoms with Gasteiger partial charge in [-0.3, -0.25) is 4.79 Å². The smallest absolute Gasteiger partial charge is 0.508 e. The van der Waals surface area contributed by atoms with Gasteiger partial charge in [0, 0.05) is 37.4 Å². The second kappa shape index (κ2) is 8.33. The van der Waals surface area contributed by atoms with Crippen molar-refractivity contribution in [1.82, 2.24) is 10.1 Å². The monoisotopic (exact) mass is 448 g/mol. The molecule has 0 spiro atoms. The van der Waals surface area contributed by atoms with E-state index < -0.39 is 12.1 Å². The number of halogens is 3. The first-order valence-corrected chi connectivity index (χ1v) is 9.66. The zero-order valence-electron chi connectivity index (χ0n) is 16.7. The molecule has 2 heterocycles. The van der Waals surface area contributed by atoms with Crippen LogP contribution in [-0.2, 0) is 0 Å². The van der Waals surface area contributed by atoms with Crippen LogP contribution in [0.1, 0.15) is 10.4 Å². The number of phenols is 1. The molecule has 3 N–H and O–H groups in total. The average molecular weight is 448 g/mol. The van der Waals surface area contributed by atoms with E-state index in [4.69, 9.17) is 10.3 Å². The number of rotatable bonds is 4. The molecule has 11 heteroatoms. The predicted molar refractivity (Wildman–Crippen MR) is 109 cm³/mol. The molecular weight excluding hydrogens is 429 g/mol. The number of hydrogen-bond acceptors (Lipinski definition) is 7. The van der Waals surface area contributed by atoms with Crippen molar-refractivity contribution in [3.05, 3.63) is 54.1 Å². The minimum atomic E-state index is -4.80. The summed E-state index contributed by atoms with van der Waals surface area (Å²) < 4.78 is 46.0. The van der Waals surface area contributed by atoms with Gasteiger partial charge in [-0.05, 0) is 48.5 Å². The van der Waals surface area contributed by atoms with E-state index in [0.717, 1.165) is 17.8 Å². The summed E-state index contributed by atoms with van der Waals surface area (Å²) in [6.07, 6.45) is -4.80. The van der Waals surface area contributed by atoms with Crippen LogP contribution in [0.3, 0.4) is 0 Å². The maximum Gasteiger partial charge on any atom is 0.573 e. The highest BCUT2D eigenvalue weighted by Crippen LogP contribution is 2.31. The largest absolute Gasteiger partial charge is 0.573 e. The van der Waals surface area contributed by atoms with Crippen molar-refractivity contribution in [2.45, 2.75) is 6.36 Å². The molecule has 0 saturated carbocycles. The fourth-order valence-corrected chi connectivity index (χ4v) is 3.51. The Balaban J connectivity index is 1.48. The maximum absolute atomic E-state index is 13.1. The Morgan fingerprint density at radius 3 is 2.25 bits per heavy atom. The molecule has 1 aromatic heterocycles. The van der Waals surface area contributed by atoms with Crippen LogP contribution in [0.2, 0.25) is 0 Å². The average Bonchev–Trinajstić information content (AvgIpc) is 3.15. The minimum Gasteiger partial charge on any atom is -0.508 e. The third-order valence-corrected chi connectivity index (χ3v) is 5.08. The number of hydrogen-bond donors (Lipinski definition) is 2. The van der Waals surface area contributed by atoms with Gasteiger partial charge in [0.25, 0.3) is 5.91 Å². The van der Waals surface area contributed by atoms with E-state index in [1.807, 2.05) is 0 Å². The molecule has 1 amide bonds. The summed E-state index contributed by atoms with van der Waals surface area (Å²) in [4.78, 5) is 16.8. The van der Waals surface area contributed by atoms with Crippen LogP contribution >= 0.6 is 0 Å². The standard InChI is InChI=1S/C21H19F3N4O4/c22-21(23,24)31-16-7-1-13(2-8-16)18-17(19(25)32-26-18)20(30)28-11-9-27(10-12-28)14-3-5-15(29)6-4-14/h1-8,29H,9-12,25H2. The summed E-state index contributed by atoms with van der Waals surface area (Å²) in [6, 6.07) is 11.7. The molecule has 1 fully saturated rings. The molecule has 0 radical (unpaired) electrons. The van der Waals surface area contributed by atoms with Gasteiger partial charge in [0.1, 0.15) is 22.8 Å². The first-order valence-electron chi connectivity index (χ1n) is 9.66. The summed E-state index contributed by atoms with van der Waals surface area (Å²) >= 11 is 0. The number of nitrogens with zero attached hydrogens (tertiary/aromatic N) is 3. The highest BCUT2D eigenvalue weighted by Gasteiger charge is 2.32. The van der Waals surface area contributed by atoms with Gasteiger partial charge in [-0.2, -0.15) is 0 Å². The molecule has 0 atom stereocenters. The maximum atomic E-state index is 13.1. The summed E-state index contributed by atoms with van der Waals surface area (Å²) in [5.41, 5.74) is 7.35. The fraction of sp³-hybridized carbons (Fsp3) is 0.238. The Labute approximate surface area is 180 Å². The SMILES string of the molecule is Nc1onc(-c2ccc(OC(F)(F)F)cc2)c1C(=O)N1CCN(c2ccc(O)cc2)CC1. The number of phenolic OH excluding ortho intramolecular Hbond substituents is 1. The van der Waals surface area contributed by atoms with Crippen LogP contribution in [0.4, 0.5) is 24.7 Å². The van der Waals surface area contributed by atoms with Gasteiger partial charge in [-0.1, -0.05) is 5.16 Å². The highest BCUT2D eigenvalue weighted by molar-refractivity contribution is 6.03. The number of aromatic hydroxyl groups is 1. The molecule has 1 aliphatic heterocycles. The van der Waals surface area contributed by atoms with Crippen LogP contribution in [-0.4, -0.2) is 53.6 Å². The van der Waals surface area contributed by atoms with E-state index in [0.29, 0.717) is 31.7 Å². The number of nitrogens with two attached hydrogens (primary N) is 1. The first kappa shape index (κ1) is 21.3. The van der Waals surface area contributed by atoms with Gasteiger partial charge in [-0.25, -0.2) is 0 Å². The van der Waals surface area contributed by atoms with Crippen molar-refractivity contribution in [2.24, 2.45) is 0 Å². The lowest BCUT2D eigenvalue weighted by molar-refractivity contribution is -0.274. The van der Waals surface area contributed by atoms with Crippen molar-refractivity contribution in [2.75, 3.05) is 36.8 Å². The molecule has 2 aromatic carbocycles. The molecule has 1 saturated heterocycles. The van der Waals surface area contributed by atoms with Gasteiger partial charge >= 0.3 is 6.36 Å². The van der Waals surface area contributed by atoms with Crippen LogP contribution < -0.4 is 15.4 Å². The van der Waals surface area contributed by atoms with E-state index >= 15 is 0 Å². The molecule has 8 nitrogen and oxygen atoms in total. The quantitative estimate of drug-likeness (QED) is 0.630. The van der Waals surface area contributed by atoms with Gasteiger partial charge < -0.3 is 29.9 Å². The Bertz CT molecular complexity index is 1090. The van der Waals surface area contributed by atoms with Gasteiger partial charge in [0.15, 0.2) is 0 Å². The van der Waals surface area contributed by atoms with Crippen LogP contribution in [0, 0.1) is 0 Å². The summed E-state index contributed by atoms with van der Waals surface area (Å²) in [5, 5.41) is 13.3. The molecule has 168 valence electrons. The topological polar surface area (TPSA) is 105 Å². The van der Waals surface area contributed by atoms with Crippen LogP contribution in [0.15, 0.2) is 53.1 Å². The van der Waals surface area contributed by atoms with E-state index in [1.165, 1.54) is 12.1 Å². The lowest BCUT2D eigenvalue weighted by Crippen LogP contribution is -2.49. The van der Waals surface area contributed by atoms with Gasteiger partial charge in [0.2, 0.25) is 5.88 Å². The summed E-state index contributed by atoms with van der Waals surface area (Å²) in [6.45, 7) is 1.98. The van der Waals surface area contributed by atoms with Crippen molar-refractivity contribution in [3.63, 3.8) is 0 Å². The van der Waals surface area contributed by atoms with Gasteiger partial charge in [-0.15, -0.1) is 13.2 Å². The molecule has 1 aliphatic rings. The highest BCUT2D eigenvalue weighted by atomic mass is 19.4. The van der Waals surface area contributed by atoms with E-state index in [2.05, 4.69) is 14.8 Å². The van der Waals surface area contributed by atoms with Gasteiger partial charge in [0.05, 0.1) is 0 Å². The zero-order chi connectivity index (χ0) is 22.9. The zero-order valence-corrected chi connectivity index (χ0v) is 16.7. The molecule has 32 heavy (non-hydrogen) atoms. The van der Waals surface area contributed by atoms with Crippen molar-refractivity contribution in [3.8, 4) is 22.8 Å². The number of nitrogen functional groups attached to an aromatic ring is 1. The summed E-state index contributed by atoms with van der Waals surface area (Å²) in [7, 11) is 0. The third kappa shape index (κ3) is 4.56. The lowest BCUT2D eigenvalue weighted by Gasteiger charge is -2.36. The van der Waals surface area contributed by atoms with Crippen molar-refractivity contribution < 1.29 is 32.3 Å². The Morgan fingerprint density at radius 2 is 1.66 bits per heavy atom. The van der Waals surface area contributed by atoms with Crippen LogP contribution in [0.5, 0.6) is 11.5 Å². The molecule has 0 aliphatic carbocycles. The Morgan fingerprint density at radius 1 is 1.03 bits per heavy atom. The lowest BCUT2D eigenvalue weighted by atomic mass is 10.1. The summed E-state index contributed by atoms with van der Waals surface area (Å²) in [5.74, 6) is -0.756. The normalized spacial score (nSPS) is 14.5. The first-order chi connectivity index (χ1) is 15.2. The van der Waals surface area contributed by atoms with Crippen molar-refractivity contribution in [1.29, 1.82) is 0 Å². The number of benzene rings is 2. The number of ether oxygens (including phenoxy) is 1. The van der Waals surface area contributed by atoms with E-state index in [-0.39, 0.29) is 28.8 Å². The Kier molecular flexibility index (Phi) is 5.56. The third-order valence-electron chi connectivity index (χ3n) is 5.08. The Hall–Kier alpha value is -3.89. The van der Waals surface area contributed by atoms with Crippen molar-refractivity contribution >= 4 is 17.5 Å². The number of piperazine rings is 1. The molecule has 0 bridgehead atoms. The number of carbonyl (C=O) groups excluding carboxylic acids is 1. The second-order valence-corrected chi connectivity index (χ2v) is 7.14. The minimum absolute atomic E-state index is 0.0626. The second-order valence-electron chi connectivity index (χ2n) is 7.14. The fourth-order valence-electron chi connectivity index (χ4n) is 3.51. The number of alkyl halides is 3. The number of amides is 1. The predicted octanol–water partition coefficient (Wildman–Crippen LogP) is 3.49. The molecular formula is C21H19F3N4O4. The van der Waals surface area contributed by atoms with E-state index in [9.17, 15) is 23.1 Å². The number of anilines is 2. The van der Waals surface area contributed by atoms with Crippen LogP contribution in [0.25, 0.3) is 11.3 Å². The molecule has 4 rings (SSSR count). The van der Waals surface area contributed by atoms with E-state index in [1.54, 1.807) is 29.2 Å². The number of aromatic nitrogens is 1. The molecule has 0 unspecified atom stereocenters.